The molecule has 1 aliphatic rings. The highest BCUT2D eigenvalue weighted by atomic mass is 35.5. The number of nitrogens with zero attached hydrogens (tertiary/aromatic N) is 1. The fraction of sp³-hybridized carbons (Fsp3) is 0.312. The molecule has 0 saturated carbocycles. The normalized spacial score (nSPS) is 17.6. The van der Waals surface area contributed by atoms with Crippen LogP contribution in [-0.2, 0) is 0 Å². The smallest absolute Gasteiger partial charge is 0.289 e. The Morgan fingerprint density at radius 1 is 1.36 bits per heavy atom. The predicted molar refractivity (Wildman–Crippen MR) is 85.7 cm³/mol. The van der Waals surface area contributed by atoms with Crippen molar-refractivity contribution in [3.63, 3.8) is 0 Å². The molecule has 1 aromatic heterocycles. The molecular weight excluding hydrogens is 302 g/mol. The number of nitrogens with one attached hydrogen (secondary N) is 2. The Balaban J connectivity index is 1.72. The Labute approximate surface area is 134 Å². The molecule has 1 amide bonds. The van der Waals surface area contributed by atoms with Crippen molar-refractivity contribution >= 4 is 17.5 Å². The third-order valence-corrected chi connectivity index (χ3v) is 4.05. The second-order valence-electron chi connectivity index (χ2n) is 5.39. The minimum absolute atomic E-state index is 0.132. The molecule has 2 aromatic rings. The van der Waals surface area contributed by atoms with Crippen LogP contribution < -0.4 is 10.9 Å². The third-order valence-electron chi connectivity index (χ3n) is 3.72. The average Bonchev–Trinajstić information content (AvgIpc) is 3.18. The summed E-state index contributed by atoms with van der Waals surface area (Å²) in [5.41, 5.74) is 6.99. The van der Waals surface area contributed by atoms with E-state index >= 15 is 0 Å². The highest BCUT2D eigenvalue weighted by molar-refractivity contribution is 6.33. The van der Waals surface area contributed by atoms with Gasteiger partial charge in [0.15, 0.2) is 5.76 Å². The molecule has 0 radical (unpaired) electrons. The van der Waals surface area contributed by atoms with E-state index in [1.807, 2.05) is 18.2 Å². The summed E-state index contributed by atoms with van der Waals surface area (Å²) in [7, 11) is 1.78. The summed E-state index contributed by atoms with van der Waals surface area (Å²) >= 11 is 6.15. The molecule has 1 fully saturated rings. The van der Waals surface area contributed by atoms with E-state index in [2.05, 4.69) is 10.9 Å². The zero-order valence-electron chi connectivity index (χ0n) is 12.3. The molecule has 1 aliphatic heterocycles. The van der Waals surface area contributed by atoms with Gasteiger partial charge in [-0.2, -0.15) is 0 Å². The number of furan rings is 1. The van der Waals surface area contributed by atoms with E-state index in [0.29, 0.717) is 23.1 Å². The van der Waals surface area contributed by atoms with Gasteiger partial charge < -0.3 is 9.32 Å². The second kappa shape index (κ2) is 6.52. The van der Waals surface area contributed by atoms with Gasteiger partial charge in [0.1, 0.15) is 5.76 Å². The first kappa shape index (κ1) is 15.1. The third kappa shape index (κ3) is 3.16. The molecule has 0 aliphatic carbocycles. The maximum Gasteiger partial charge on any atom is 0.289 e. The van der Waals surface area contributed by atoms with E-state index in [1.165, 1.54) is 0 Å². The van der Waals surface area contributed by atoms with E-state index in [4.69, 9.17) is 16.0 Å². The minimum Gasteiger partial charge on any atom is -0.451 e. The van der Waals surface area contributed by atoms with E-state index in [0.717, 1.165) is 18.5 Å². The van der Waals surface area contributed by atoms with Gasteiger partial charge in [-0.3, -0.25) is 15.6 Å². The number of hydrogen-bond acceptors (Lipinski definition) is 4. The molecule has 1 unspecified atom stereocenters. The Morgan fingerprint density at radius 2 is 2.18 bits per heavy atom. The standard InChI is InChI=1S/C16H18ClN3O2/c1-20(10-11-8-9-18-19-11)16(21)15-7-6-14(22-15)12-4-2-3-5-13(12)17/h2-7,11,18-19H,8-10H2,1H3. The van der Waals surface area contributed by atoms with Gasteiger partial charge in [0, 0.05) is 31.7 Å². The van der Waals surface area contributed by atoms with Gasteiger partial charge in [-0.1, -0.05) is 23.7 Å². The monoisotopic (exact) mass is 319 g/mol. The number of amides is 1. The first-order valence-electron chi connectivity index (χ1n) is 7.24. The highest BCUT2D eigenvalue weighted by Gasteiger charge is 2.22. The number of hydrogen-bond donors (Lipinski definition) is 2. The molecule has 6 heteroatoms. The number of halogens is 1. The maximum absolute atomic E-state index is 12.4. The van der Waals surface area contributed by atoms with Gasteiger partial charge in [0.2, 0.25) is 0 Å². The van der Waals surface area contributed by atoms with Crippen molar-refractivity contribution in [3.8, 4) is 11.3 Å². The van der Waals surface area contributed by atoms with Crippen LogP contribution >= 0.6 is 11.6 Å². The summed E-state index contributed by atoms with van der Waals surface area (Å²) in [5.74, 6) is 0.790. The highest BCUT2D eigenvalue weighted by Crippen LogP contribution is 2.29. The summed E-state index contributed by atoms with van der Waals surface area (Å²) in [6.07, 6.45) is 1.00. The molecule has 1 saturated heterocycles. The first-order chi connectivity index (χ1) is 10.6. The summed E-state index contributed by atoms with van der Waals surface area (Å²) < 4.78 is 5.69. The second-order valence-corrected chi connectivity index (χ2v) is 5.79. The van der Waals surface area contributed by atoms with Gasteiger partial charge in [-0.15, -0.1) is 0 Å². The van der Waals surface area contributed by atoms with Crippen LogP contribution in [0.3, 0.4) is 0 Å². The predicted octanol–water partition coefficient (Wildman–Crippen LogP) is 2.54. The van der Waals surface area contributed by atoms with Crippen molar-refractivity contribution < 1.29 is 9.21 Å². The van der Waals surface area contributed by atoms with Crippen LogP contribution in [0.15, 0.2) is 40.8 Å². The van der Waals surface area contributed by atoms with Crippen LogP contribution in [0.5, 0.6) is 0 Å². The lowest BCUT2D eigenvalue weighted by Crippen LogP contribution is -2.41. The molecule has 0 bridgehead atoms. The van der Waals surface area contributed by atoms with Gasteiger partial charge in [-0.05, 0) is 30.7 Å². The number of carbonyl (C=O) groups excluding carboxylic acids is 1. The molecule has 22 heavy (non-hydrogen) atoms. The van der Waals surface area contributed by atoms with Gasteiger partial charge >= 0.3 is 0 Å². The van der Waals surface area contributed by atoms with Gasteiger partial charge in [0.25, 0.3) is 5.91 Å². The quantitative estimate of drug-likeness (QED) is 0.909. The van der Waals surface area contributed by atoms with Crippen LogP contribution in [0.4, 0.5) is 0 Å². The number of likely N-dealkylation sites (N-methyl/N-ethyl adjacent to an activating group) is 1. The van der Waals surface area contributed by atoms with Crippen LogP contribution in [0.1, 0.15) is 17.0 Å². The number of carbonyl (C=O) groups is 1. The molecule has 2 N–H and O–H groups in total. The fourth-order valence-corrected chi connectivity index (χ4v) is 2.76. The summed E-state index contributed by atoms with van der Waals surface area (Å²) in [6, 6.07) is 11.1. The Morgan fingerprint density at radius 3 is 2.91 bits per heavy atom. The molecule has 5 nitrogen and oxygen atoms in total. The SMILES string of the molecule is CN(CC1CCNN1)C(=O)c1ccc(-c2ccccc2Cl)o1. The number of hydrazine groups is 1. The first-order valence-corrected chi connectivity index (χ1v) is 7.61. The fourth-order valence-electron chi connectivity index (χ4n) is 2.53. The van der Waals surface area contributed by atoms with Crippen molar-refractivity contribution in [3.05, 3.63) is 47.2 Å². The maximum atomic E-state index is 12.4. The van der Waals surface area contributed by atoms with E-state index in [-0.39, 0.29) is 11.9 Å². The van der Waals surface area contributed by atoms with Crippen LogP contribution in [0.25, 0.3) is 11.3 Å². The largest absolute Gasteiger partial charge is 0.451 e. The van der Waals surface area contributed by atoms with Crippen molar-refractivity contribution in [1.29, 1.82) is 0 Å². The molecule has 1 aromatic carbocycles. The van der Waals surface area contributed by atoms with Crippen LogP contribution in [0, 0.1) is 0 Å². The Kier molecular flexibility index (Phi) is 4.47. The molecule has 1 atom stereocenters. The number of rotatable bonds is 4. The van der Waals surface area contributed by atoms with Crippen molar-refractivity contribution in [2.45, 2.75) is 12.5 Å². The van der Waals surface area contributed by atoms with Gasteiger partial charge in [0.05, 0.1) is 5.02 Å². The molecule has 0 spiro atoms. The Bertz CT molecular complexity index is 665. The van der Waals surface area contributed by atoms with Crippen LogP contribution in [0.2, 0.25) is 5.02 Å². The van der Waals surface area contributed by atoms with E-state index in [9.17, 15) is 4.79 Å². The lowest BCUT2D eigenvalue weighted by molar-refractivity contribution is 0.0752. The minimum atomic E-state index is -0.132. The summed E-state index contributed by atoms with van der Waals surface area (Å²) in [4.78, 5) is 14.1. The average molecular weight is 320 g/mol. The number of benzene rings is 1. The van der Waals surface area contributed by atoms with E-state index in [1.54, 1.807) is 30.1 Å². The van der Waals surface area contributed by atoms with Gasteiger partial charge in [-0.25, -0.2) is 0 Å². The lowest BCUT2D eigenvalue weighted by Gasteiger charge is -2.19. The van der Waals surface area contributed by atoms with Crippen LogP contribution in [-0.4, -0.2) is 37.0 Å². The van der Waals surface area contributed by atoms with Crippen molar-refractivity contribution in [2.75, 3.05) is 20.1 Å². The van der Waals surface area contributed by atoms with Crippen molar-refractivity contribution in [1.82, 2.24) is 15.8 Å². The summed E-state index contributed by atoms with van der Waals surface area (Å²) in [6.45, 7) is 1.55. The lowest BCUT2D eigenvalue weighted by atomic mass is 10.2. The molecule has 3 rings (SSSR count). The summed E-state index contributed by atoms with van der Waals surface area (Å²) in [5, 5.41) is 0.602. The topological polar surface area (TPSA) is 57.5 Å². The molecular formula is C16H18ClN3O2. The molecule has 116 valence electrons. The molecule has 2 heterocycles. The zero-order valence-corrected chi connectivity index (χ0v) is 13.1. The van der Waals surface area contributed by atoms with Crippen molar-refractivity contribution in [2.24, 2.45) is 0 Å². The zero-order chi connectivity index (χ0) is 15.5. The Hall–Kier alpha value is -1.82. The van der Waals surface area contributed by atoms with E-state index < -0.39 is 0 Å².